The van der Waals surface area contributed by atoms with Crippen LogP contribution in [0.25, 0.3) is 0 Å². The van der Waals surface area contributed by atoms with E-state index in [9.17, 15) is 0 Å². The molecule has 0 amide bonds. The van der Waals surface area contributed by atoms with Crippen LogP contribution >= 0.6 is 34.8 Å². The molecule has 0 aromatic heterocycles. The number of fused-ring (bicyclic) bond motifs is 3. The van der Waals surface area contributed by atoms with Gasteiger partial charge in [0.25, 0.3) is 0 Å². The summed E-state index contributed by atoms with van der Waals surface area (Å²) in [5.41, 5.74) is 4.24. The van der Waals surface area contributed by atoms with Crippen molar-refractivity contribution < 1.29 is 4.74 Å². The molecule has 0 fully saturated rings. The molecule has 3 atom stereocenters. The lowest BCUT2D eigenvalue weighted by atomic mass is 9.77. The van der Waals surface area contributed by atoms with Crippen molar-refractivity contribution in [2.75, 3.05) is 5.32 Å². The molecule has 5 heteroatoms. The van der Waals surface area contributed by atoms with Crippen molar-refractivity contribution >= 4 is 40.5 Å². The number of benzene rings is 3. The molecule has 1 aliphatic heterocycles. The van der Waals surface area contributed by atoms with E-state index in [2.05, 4.69) is 41.7 Å². The summed E-state index contributed by atoms with van der Waals surface area (Å²) >= 11 is 19.4. The van der Waals surface area contributed by atoms with Crippen molar-refractivity contribution in [3.63, 3.8) is 0 Å². The first-order valence-corrected chi connectivity index (χ1v) is 11.1. The van der Waals surface area contributed by atoms with Gasteiger partial charge in [0.05, 0.1) is 26.8 Å². The van der Waals surface area contributed by atoms with Crippen LogP contribution in [0.15, 0.2) is 72.8 Å². The third kappa shape index (κ3) is 3.58. The van der Waals surface area contributed by atoms with Gasteiger partial charge in [-0.2, -0.15) is 0 Å². The fourth-order valence-corrected chi connectivity index (χ4v) is 5.31. The molecule has 0 bridgehead atoms. The fourth-order valence-electron chi connectivity index (χ4n) is 4.50. The first kappa shape index (κ1) is 19.8. The van der Waals surface area contributed by atoms with E-state index in [1.165, 1.54) is 5.56 Å². The Balaban J connectivity index is 1.40. The highest BCUT2D eigenvalue weighted by molar-refractivity contribution is 6.44. The lowest BCUT2D eigenvalue weighted by Gasteiger charge is -2.38. The van der Waals surface area contributed by atoms with Crippen LogP contribution in [0, 0.1) is 5.92 Å². The summed E-state index contributed by atoms with van der Waals surface area (Å²) in [5.74, 6) is 1.41. The van der Waals surface area contributed by atoms with Crippen LogP contribution in [0.3, 0.4) is 0 Å². The van der Waals surface area contributed by atoms with Crippen molar-refractivity contribution in [3.8, 4) is 5.75 Å². The van der Waals surface area contributed by atoms with Gasteiger partial charge in [-0.15, -0.1) is 0 Å². The van der Waals surface area contributed by atoms with Crippen molar-refractivity contribution in [1.82, 2.24) is 0 Å². The highest BCUT2D eigenvalue weighted by atomic mass is 35.5. The standard InChI is InChI=1S/C25H20Cl3NO/c26-20-13-21(27)25-22(23(20)28)18-7-4-8-19(18)24(29-25)16-9-11-17(12-10-16)30-14-15-5-2-1-3-6-15/h1-7,9-13,18-19,24,29H,8,14H2/t18-,19+,24+/m1/s1. The molecule has 30 heavy (non-hydrogen) atoms. The Labute approximate surface area is 191 Å². The van der Waals surface area contributed by atoms with Crippen LogP contribution in [-0.2, 0) is 6.61 Å². The number of nitrogens with one attached hydrogen (secondary N) is 1. The quantitative estimate of drug-likeness (QED) is 0.317. The van der Waals surface area contributed by atoms with Gasteiger partial charge in [-0.3, -0.25) is 0 Å². The Hall–Kier alpha value is -2.13. The van der Waals surface area contributed by atoms with Gasteiger partial charge in [-0.25, -0.2) is 0 Å². The zero-order valence-electron chi connectivity index (χ0n) is 16.1. The van der Waals surface area contributed by atoms with E-state index in [-0.39, 0.29) is 12.0 Å². The van der Waals surface area contributed by atoms with Gasteiger partial charge >= 0.3 is 0 Å². The average molecular weight is 457 g/mol. The molecule has 0 radical (unpaired) electrons. The lowest BCUT2D eigenvalue weighted by molar-refractivity contribution is 0.306. The Morgan fingerprint density at radius 3 is 2.47 bits per heavy atom. The Morgan fingerprint density at radius 1 is 0.933 bits per heavy atom. The van der Waals surface area contributed by atoms with Gasteiger partial charge in [0.1, 0.15) is 12.4 Å². The van der Waals surface area contributed by atoms with E-state index in [1.54, 1.807) is 6.07 Å². The van der Waals surface area contributed by atoms with Crippen LogP contribution in [0.5, 0.6) is 5.75 Å². The number of hydrogen-bond acceptors (Lipinski definition) is 2. The van der Waals surface area contributed by atoms with E-state index in [0.717, 1.165) is 29.0 Å². The molecule has 3 aromatic carbocycles. The molecule has 0 saturated heterocycles. The summed E-state index contributed by atoms with van der Waals surface area (Å²) in [6.07, 6.45) is 5.43. The van der Waals surface area contributed by atoms with Gasteiger partial charge in [0, 0.05) is 11.5 Å². The van der Waals surface area contributed by atoms with Crippen molar-refractivity contribution in [3.05, 3.63) is 105 Å². The summed E-state index contributed by atoms with van der Waals surface area (Å²) in [4.78, 5) is 0. The minimum atomic E-state index is 0.135. The summed E-state index contributed by atoms with van der Waals surface area (Å²) in [6, 6.07) is 20.3. The second kappa shape index (κ2) is 8.19. The fraction of sp³-hybridized carbons (Fsp3) is 0.200. The largest absolute Gasteiger partial charge is 0.489 e. The molecule has 2 nitrogen and oxygen atoms in total. The molecule has 2 aliphatic rings. The third-order valence-electron chi connectivity index (χ3n) is 5.97. The summed E-state index contributed by atoms with van der Waals surface area (Å²) in [6.45, 7) is 0.554. The predicted molar refractivity (Wildman–Crippen MR) is 125 cm³/mol. The monoisotopic (exact) mass is 455 g/mol. The molecular weight excluding hydrogens is 437 g/mol. The van der Waals surface area contributed by atoms with Crippen LogP contribution in [0.4, 0.5) is 5.69 Å². The maximum atomic E-state index is 6.57. The molecule has 0 spiro atoms. The highest BCUT2D eigenvalue weighted by Gasteiger charge is 2.40. The maximum Gasteiger partial charge on any atom is 0.119 e. The molecule has 152 valence electrons. The number of hydrogen-bond donors (Lipinski definition) is 1. The van der Waals surface area contributed by atoms with Crippen LogP contribution < -0.4 is 10.1 Å². The van der Waals surface area contributed by atoms with E-state index >= 15 is 0 Å². The van der Waals surface area contributed by atoms with Crippen LogP contribution in [-0.4, -0.2) is 0 Å². The normalized spacial score (nSPS) is 21.6. The molecule has 1 N–H and O–H groups in total. The molecule has 3 aromatic rings. The first-order valence-electron chi connectivity index (χ1n) is 9.99. The lowest BCUT2D eigenvalue weighted by Crippen LogP contribution is -2.29. The summed E-state index contributed by atoms with van der Waals surface area (Å²) in [7, 11) is 0. The molecule has 0 unspecified atom stereocenters. The predicted octanol–water partition coefficient (Wildman–Crippen LogP) is 8.05. The van der Waals surface area contributed by atoms with E-state index in [4.69, 9.17) is 39.5 Å². The Morgan fingerprint density at radius 2 is 1.70 bits per heavy atom. The Kier molecular flexibility index (Phi) is 5.41. The van der Waals surface area contributed by atoms with E-state index < -0.39 is 0 Å². The number of anilines is 1. The zero-order valence-corrected chi connectivity index (χ0v) is 18.4. The number of ether oxygens (including phenoxy) is 1. The molecule has 0 saturated carbocycles. The SMILES string of the molecule is Clc1cc(Cl)c2c(c1Cl)[C@@H]1C=CC[C@@H]1[C@H](c1ccc(OCc3ccccc3)cc1)N2. The summed E-state index contributed by atoms with van der Waals surface area (Å²) < 4.78 is 5.94. The zero-order chi connectivity index (χ0) is 20.7. The average Bonchev–Trinajstić information content (AvgIpc) is 3.26. The second-order valence-corrected chi connectivity index (χ2v) is 8.95. The number of halogens is 3. The van der Waals surface area contributed by atoms with Gasteiger partial charge in [-0.05, 0) is 41.7 Å². The van der Waals surface area contributed by atoms with Crippen LogP contribution in [0.2, 0.25) is 15.1 Å². The van der Waals surface area contributed by atoms with E-state index in [0.29, 0.717) is 27.6 Å². The first-order chi connectivity index (χ1) is 14.6. The maximum absolute atomic E-state index is 6.57. The highest BCUT2D eigenvalue weighted by Crippen LogP contribution is 2.55. The minimum absolute atomic E-state index is 0.135. The van der Waals surface area contributed by atoms with Crippen molar-refractivity contribution in [2.45, 2.75) is 25.0 Å². The van der Waals surface area contributed by atoms with Gasteiger partial charge in [-0.1, -0.05) is 89.4 Å². The van der Waals surface area contributed by atoms with Gasteiger partial charge in [0.2, 0.25) is 0 Å². The van der Waals surface area contributed by atoms with Gasteiger partial charge in [0.15, 0.2) is 0 Å². The van der Waals surface area contributed by atoms with Crippen LogP contribution in [0.1, 0.15) is 35.1 Å². The molecule has 1 aliphatic carbocycles. The second-order valence-electron chi connectivity index (χ2n) is 7.76. The topological polar surface area (TPSA) is 21.3 Å². The molecule has 5 rings (SSSR count). The number of rotatable bonds is 4. The number of allylic oxidation sites excluding steroid dienone is 2. The third-order valence-corrected chi connectivity index (χ3v) is 7.07. The summed E-state index contributed by atoms with van der Waals surface area (Å²) in [5, 5.41) is 5.34. The molecule has 1 heterocycles. The molecular formula is C25H20Cl3NO. The smallest absolute Gasteiger partial charge is 0.119 e. The van der Waals surface area contributed by atoms with Crippen molar-refractivity contribution in [2.24, 2.45) is 5.92 Å². The minimum Gasteiger partial charge on any atom is -0.489 e. The van der Waals surface area contributed by atoms with Crippen molar-refractivity contribution in [1.29, 1.82) is 0 Å². The van der Waals surface area contributed by atoms with Gasteiger partial charge < -0.3 is 10.1 Å². The Bertz CT molecular complexity index is 1100. The van der Waals surface area contributed by atoms with E-state index in [1.807, 2.05) is 30.3 Å².